The van der Waals surface area contributed by atoms with E-state index in [1.165, 1.54) is 50.5 Å². The van der Waals surface area contributed by atoms with Crippen molar-refractivity contribution < 1.29 is 4.79 Å². The van der Waals surface area contributed by atoms with E-state index in [1.807, 2.05) is 7.05 Å². The van der Waals surface area contributed by atoms with Gasteiger partial charge in [0.25, 0.3) is 0 Å². The fourth-order valence-corrected chi connectivity index (χ4v) is 2.36. The van der Waals surface area contributed by atoms with Crippen LogP contribution in [0.25, 0.3) is 0 Å². The second-order valence-corrected chi connectivity index (χ2v) is 5.65. The number of rotatable bonds is 10. The smallest absolute Gasteiger partial charge is 0.219 e. The molecule has 0 aromatic heterocycles. The first-order chi connectivity index (χ1) is 9.70. The van der Waals surface area contributed by atoms with Crippen molar-refractivity contribution in [3.8, 4) is 0 Å². The Morgan fingerprint density at radius 2 is 1.45 bits per heavy atom. The van der Waals surface area contributed by atoms with Crippen LogP contribution in [0.1, 0.15) is 57.4 Å². The highest BCUT2D eigenvalue weighted by Gasteiger charge is 2.00. The van der Waals surface area contributed by atoms with Gasteiger partial charge in [0.15, 0.2) is 0 Å². The summed E-state index contributed by atoms with van der Waals surface area (Å²) < 4.78 is 0. The lowest BCUT2D eigenvalue weighted by atomic mass is 10.0. The Bertz CT molecular complexity index is 361. The number of carbonyl (C=O) groups excluding carboxylic acids is 1. The van der Waals surface area contributed by atoms with E-state index in [1.54, 1.807) is 11.8 Å². The van der Waals surface area contributed by atoms with Crippen molar-refractivity contribution in [2.45, 2.75) is 58.3 Å². The van der Waals surface area contributed by atoms with Gasteiger partial charge in [0.1, 0.15) is 0 Å². The van der Waals surface area contributed by atoms with E-state index in [2.05, 4.69) is 30.3 Å². The van der Waals surface area contributed by atoms with Gasteiger partial charge in [-0.2, -0.15) is 0 Å². The van der Waals surface area contributed by atoms with Gasteiger partial charge in [0.05, 0.1) is 0 Å². The van der Waals surface area contributed by atoms with Gasteiger partial charge in [0.2, 0.25) is 5.91 Å². The molecule has 0 spiro atoms. The highest BCUT2D eigenvalue weighted by Crippen LogP contribution is 2.10. The molecular weight excluding hydrogens is 246 g/mol. The van der Waals surface area contributed by atoms with Crippen molar-refractivity contribution in [1.29, 1.82) is 0 Å². The van der Waals surface area contributed by atoms with Crippen LogP contribution in [0.5, 0.6) is 0 Å². The SMILES string of the molecule is CC(=O)N(C)CCCCCCCCCc1ccccc1. The number of benzene rings is 1. The van der Waals surface area contributed by atoms with Crippen molar-refractivity contribution in [3.63, 3.8) is 0 Å². The van der Waals surface area contributed by atoms with Gasteiger partial charge in [-0.25, -0.2) is 0 Å². The molecule has 2 nitrogen and oxygen atoms in total. The quantitative estimate of drug-likeness (QED) is 0.578. The number of nitrogens with zero attached hydrogens (tertiary/aromatic N) is 1. The Kier molecular flexibility index (Phi) is 8.77. The highest BCUT2D eigenvalue weighted by molar-refractivity contribution is 5.72. The maximum Gasteiger partial charge on any atom is 0.219 e. The van der Waals surface area contributed by atoms with Gasteiger partial charge < -0.3 is 4.90 Å². The Labute approximate surface area is 124 Å². The summed E-state index contributed by atoms with van der Waals surface area (Å²) in [7, 11) is 1.88. The number of amides is 1. The third-order valence-corrected chi connectivity index (χ3v) is 3.84. The van der Waals surface area contributed by atoms with Crippen LogP contribution in [0.4, 0.5) is 0 Å². The van der Waals surface area contributed by atoms with E-state index in [-0.39, 0.29) is 5.91 Å². The van der Waals surface area contributed by atoms with Gasteiger partial charge in [-0.1, -0.05) is 62.4 Å². The fourth-order valence-electron chi connectivity index (χ4n) is 2.36. The molecule has 0 aliphatic heterocycles. The summed E-state index contributed by atoms with van der Waals surface area (Å²) >= 11 is 0. The average molecular weight is 275 g/mol. The van der Waals surface area contributed by atoms with Crippen LogP contribution in [-0.2, 0) is 11.2 Å². The van der Waals surface area contributed by atoms with Gasteiger partial charge in [-0.3, -0.25) is 4.79 Å². The molecule has 0 fully saturated rings. The van der Waals surface area contributed by atoms with E-state index in [4.69, 9.17) is 0 Å². The lowest BCUT2D eigenvalue weighted by Crippen LogP contribution is -2.24. The molecule has 0 aliphatic carbocycles. The summed E-state index contributed by atoms with van der Waals surface area (Å²) in [6.07, 6.45) is 10.2. The molecule has 0 atom stereocenters. The van der Waals surface area contributed by atoms with Crippen LogP contribution >= 0.6 is 0 Å². The second kappa shape index (κ2) is 10.5. The Morgan fingerprint density at radius 3 is 2.05 bits per heavy atom. The molecule has 0 bridgehead atoms. The summed E-state index contributed by atoms with van der Waals surface area (Å²) in [6, 6.07) is 10.7. The van der Waals surface area contributed by atoms with Crippen molar-refractivity contribution in [3.05, 3.63) is 35.9 Å². The molecule has 112 valence electrons. The van der Waals surface area contributed by atoms with E-state index < -0.39 is 0 Å². The van der Waals surface area contributed by atoms with Crippen molar-refractivity contribution >= 4 is 5.91 Å². The van der Waals surface area contributed by atoms with Crippen LogP contribution in [0.15, 0.2) is 30.3 Å². The van der Waals surface area contributed by atoms with Crippen molar-refractivity contribution in [2.24, 2.45) is 0 Å². The maximum atomic E-state index is 11.0. The Morgan fingerprint density at radius 1 is 0.900 bits per heavy atom. The minimum Gasteiger partial charge on any atom is -0.346 e. The Hall–Kier alpha value is -1.31. The number of unbranched alkanes of at least 4 members (excludes halogenated alkanes) is 6. The fraction of sp³-hybridized carbons (Fsp3) is 0.611. The van der Waals surface area contributed by atoms with E-state index in [0.29, 0.717) is 0 Å². The molecule has 0 N–H and O–H groups in total. The monoisotopic (exact) mass is 275 g/mol. The molecule has 0 aliphatic rings. The van der Waals surface area contributed by atoms with Gasteiger partial charge >= 0.3 is 0 Å². The zero-order valence-electron chi connectivity index (χ0n) is 13.1. The van der Waals surface area contributed by atoms with Gasteiger partial charge in [-0.15, -0.1) is 0 Å². The first-order valence-corrected chi connectivity index (χ1v) is 7.96. The van der Waals surface area contributed by atoms with Crippen LogP contribution < -0.4 is 0 Å². The maximum absolute atomic E-state index is 11.0. The van der Waals surface area contributed by atoms with E-state index in [9.17, 15) is 4.79 Å². The zero-order chi connectivity index (χ0) is 14.6. The lowest BCUT2D eigenvalue weighted by molar-refractivity contribution is -0.127. The number of carbonyl (C=O) groups is 1. The molecule has 1 aromatic carbocycles. The molecule has 1 amide bonds. The molecule has 0 saturated carbocycles. The van der Waals surface area contributed by atoms with Crippen LogP contribution in [0.2, 0.25) is 0 Å². The Balaban J connectivity index is 1.87. The van der Waals surface area contributed by atoms with Crippen molar-refractivity contribution in [2.75, 3.05) is 13.6 Å². The number of hydrogen-bond acceptors (Lipinski definition) is 1. The van der Waals surface area contributed by atoms with Crippen LogP contribution in [0, 0.1) is 0 Å². The largest absolute Gasteiger partial charge is 0.346 e. The minimum absolute atomic E-state index is 0.172. The number of aryl methyl sites for hydroxylation is 1. The topological polar surface area (TPSA) is 20.3 Å². The van der Waals surface area contributed by atoms with Gasteiger partial charge in [-0.05, 0) is 24.8 Å². The van der Waals surface area contributed by atoms with Crippen LogP contribution in [0.3, 0.4) is 0 Å². The second-order valence-electron chi connectivity index (χ2n) is 5.65. The highest BCUT2D eigenvalue weighted by atomic mass is 16.2. The molecular formula is C18H29NO. The molecule has 1 aromatic rings. The minimum atomic E-state index is 0.172. The predicted octanol–water partition coefficient (Wildman–Crippen LogP) is 4.44. The molecule has 20 heavy (non-hydrogen) atoms. The van der Waals surface area contributed by atoms with Crippen LogP contribution in [-0.4, -0.2) is 24.4 Å². The lowest BCUT2D eigenvalue weighted by Gasteiger charge is -2.13. The molecule has 1 rings (SSSR count). The molecule has 2 heteroatoms. The zero-order valence-corrected chi connectivity index (χ0v) is 13.1. The van der Waals surface area contributed by atoms with E-state index in [0.717, 1.165) is 13.0 Å². The summed E-state index contributed by atoms with van der Waals surface area (Å²) in [4.78, 5) is 12.8. The summed E-state index contributed by atoms with van der Waals surface area (Å²) in [5.74, 6) is 0.172. The van der Waals surface area contributed by atoms with Gasteiger partial charge in [0, 0.05) is 20.5 Å². The average Bonchev–Trinajstić information content (AvgIpc) is 2.46. The summed E-state index contributed by atoms with van der Waals surface area (Å²) in [6.45, 7) is 2.54. The predicted molar refractivity (Wildman–Crippen MR) is 85.8 cm³/mol. The molecule has 0 heterocycles. The summed E-state index contributed by atoms with van der Waals surface area (Å²) in [5, 5.41) is 0. The first kappa shape index (κ1) is 16.7. The molecule has 0 radical (unpaired) electrons. The normalized spacial score (nSPS) is 10.5. The van der Waals surface area contributed by atoms with Crippen molar-refractivity contribution in [1.82, 2.24) is 4.90 Å². The molecule has 0 unspecified atom stereocenters. The van der Waals surface area contributed by atoms with E-state index >= 15 is 0 Å². The number of hydrogen-bond donors (Lipinski definition) is 0. The standard InChI is InChI=1S/C18H29NO/c1-17(20)19(2)16-12-7-5-3-4-6-9-13-18-14-10-8-11-15-18/h8,10-11,14-15H,3-7,9,12-13,16H2,1-2H3. The molecule has 0 saturated heterocycles. The third-order valence-electron chi connectivity index (χ3n) is 3.84. The first-order valence-electron chi connectivity index (χ1n) is 7.96. The summed E-state index contributed by atoms with van der Waals surface area (Å²) in [5.41, 5.74) is 1.46. The third kappa shape index (κ3) is 7.98.